The van der Waals surface area contributed by atoms with E-state index in [0.29, 0.717) is 5.92 Å². The summed E-state index contributed by atoms with van der Waals surface area (Å²) in [5.41, 5.74) is 3.78. The molecular weight excluding hydrogens is 356 g/mol. The molecular formula is C18H26N2OS3. The highest BCUT2D eigenvalue weighted by Crippen LogP contribution is 2.32. The van der Waals surface area contributed by atoms with Gasteiger partial charge in [-0.2, -0.15) is 0 Å². The molecule has 0 radical (unpaired) electrons. The van der Waals surface area contributed by atoms with Gasteiger partial charge in [-0.25, -0.2) is 4.98 Å². The van der Waals surface area contributed by atoms with Crippen molar-refractivity contribution in [1.82, 2.24) is 4.98 Å². The van der Waals surface area contributed by atoms with Gasteiger partial charge in [-0.15, -0.1) is 11.3 Å². The minimum absolute atomic E-state index is 0.482. The first-order chi connectivity index (χ1) is 11.6. The average Bonchev–Trinajstić information content (AvgIpc) is 3.08. The Balaban J connectivity index is 0.00000100. The first kappa shape index (κ1) is 19.5. The van der Waals surface area contributed by atoms with Crippen LogP contribution in [0.5, 0.6) is 0 Å². The minimum Gasteiger partial charge on any atom is -0.302 e. The molecule has 1 aliphatic rings. The number of nitrogens with zero attached hydrogens (tertiary/aromatic N) is 1. The molecule has 1 fully saturated rings. The Morgan fingerprint density at radius 1 is 1.25 bits per heavy atom. The fourth-order valence-corrected chi connectivity index (χ4v) is 5.50. The van der Waals surface area contributed by atoms with Crippen LogP contribution < -0.4 is 4.72 Å². The Bertz CT molecular complexity index is 675. The number of anilines is 1. The highest BCUT2D eigenvalue weighted by atomic mass is 32.2. The molecule has 0 atom stereocenters. The molecule has 0 amide bonds. The second kappa shape index (κ2) is 9.59. The number of hydrogen-bond acceptors (Lipinski definition) is 5. The molecule has 2 aromatic rings. The van der Waals surface area contributed by atoms with E-state index < -0.39 is 10.8 Å². The fraction of sp³-hybridized carbons (Fsp3) is 0.500. The molecule has 1 aliphatic heterocycles. The maximum atomic E-state index is 11.4. The van der Waals surface area contributed by atoms with Gasteiger partial charge in [-0.3, -0.25) is 4.21 Å². The first-order valence-electron chi connectivity index (χ1n) is 8.43. The summed E-state index contributed by atoms with van der Waals surface area (Å²) < 4.78 is 14.8. The van der Waals surface area contributed by atoms with Gasteiger partial charge < -0.3 is 4.72 Å². The van der Waals surface area contributed by atoms with Crippen molar-refractivity contribution in [2.75, 3.05) is 16.2 Å². The summed E-state index contributed by atoms with van der Waals surface area (Å²) in [6.07, 6.45) is 2.00. The van der Waals surface area contributed by atoms with Gasteiger partial charge >= 0.3 is 0 Å². The first-order valence-corrected chi connectivity index (χ1v) is 11.6. The van der Waals surface area contributed by atoms with Crippen molar-refractivity contribution < 1.29 is 4.21 Å². The number of aryl methyl sites for hydroxylation is 1. The molecule has 1 aromatic heterocycles. The molecule has 3 rings (SSSR count). The van der Waals surface area contributed by atoms with E-state index in [9.17, 15) is 4.21 Å². The van der Waals surface area contributed by atoms with Gasteiger partial charge in [0.25, 0.3) is 0 Å². The van der Waals surface area contributed by atoms with E-state index in [1.165, 1.54) is 16.0 Å². The van der Waals surface area contributed by atoms with Crippen LogP contribution in [0.2, 0.25) is 0 Å². The van der Waals surface area contributed by atoms with Crippen molar-refractivity contribution in [3.63, 3.8) is 0 Å². The Morgan fingerprint density at radius 3 is 2.67 bits per heavy atom. The van der Waals surface area contributed by atoms with Gasteiger partial charge in [0.2, 0.25) is 0 Å². The van der Waals surface area contributed by atoms with Gasteiger partial charge in [0.05, 0.1) is 5.69 Å². The molecule has 1 aromatic carbocycles. The summed E-state index contributed by atoms with van der Waals surface area (Å²) in [7, 11) is -0.605. The van der Waals surface area contributed by atoms with Crippen molar-refractivity contribution in [3.8, 4) is 0 Å². The molecule has 0 bridgehead atoms. The van der Waals surface area contributed by atoms with E-state index in [4.69, 9.17) is 4.98 Å². The number of nitrogens with one attached hydrogen (secondary N) is 1. The molecule has 0 aliphatic carbocycles. The van der Waals surface area contributed by atoms with Crippen LogP contribution in [0.3, 0.4) is 0 Å². The third-order valence-electron chi connectivity index (χ3n) is 4.13. The van der Waals surface area contributed by atoms with Crippen LogP contribution in [0, 0.1) is 13.8 Å². The molecule has 1 N–H and O–H groups in total. The minimum atomic E-state index is -0.605. The molecule has 0 saturated carbocycles. The SMILES string of the molecule is CC.Cc1cccc(SNc2nc(C3CCS(=O)CC3)cs2)c1C. The lowest BCUT2D eigenvalue weighted by molar-refractivity contribution is 0.596. The van der Waals surface area contributed by atoms with Crippen molar-refractivity contribution in [1.29, 1.82) is 0 Å². The summed E-state index contributed by atoms with van der Waals surface area (Å²) in [6, 6.07) is 6.35. The Hall–Kier alpha value is -0.850. The largest absolute Gasteiger partial charge is 0.302 e. The maximum Gasteiger partial charge on any atom is 0.193 e. The van der Waals surface area contributed by atoms with Crippen LogP contribution in [0.25, 0.3) is 0 Å². The Kier molecular flexibility index (Phi) is 7.78. The van der Waals surface area contributed by atoms with E-state index in [-0.39, 0.29) is 0 Å². The fourth-order valence-electron chi connectivity index (χ4n) is 2.54. The molecule has 1 saturated heterocycles. The van der Waals surface area contributed by atoms with Crippen molar-refractivity contribution in [2.45, 2.75) is 51.3 Å². The number of thiazole rings is 1. The summed E-state index contributed by atoms with van der Waals surface area (Å²) in [5.74, 6) is 2.12. The van der Waals surface area contributed by atoms with Crippen molar-refractivity contribution in [2.24, 2.45) is 0 Å². The van der Waals surface area contributed by atoms with Crippen LogP contribution in [0.15, 0.2) is 28.5 Å². The zero-order valence-corrected chi connectivity index (χ0v) is 17.2. The van der Waals surface area contributed by atoms with Crippen LogP contribution in [-0.4, -0.2) is 20.7 Å². The number of benzene rings is 1. The quantitative estimate of drug-likeness (QED) is 0.706. The molecule has 6 heteroatoms. The van der Waals surface area contributed by atoms with Gasteiger partial charge in [0.1, 0.15) is 0 Å². The Morgan fingerprint density at radius 2 is 1.96 bits per heavy atom. The molecule has 24 heavy (non-hydrogen) atoms. The smallest absolute Gasteiger partial charge is 0.193 e. The lowest BCUT2D eigenvalue weighted by atomic mass is 10.0. The predicted molar refractivity (Wildman–Crippen MR) is 109 cm³/mol. The van der Waals surface area contributed by atoms with Crippen LogP contribution in [0.4, 0.5) is 5.13 Å². The monoisotopic (exact) mass is 382 g/mol. The second-order valence-electron chi connectivity index (χ2n) is 5.60. The molecule has 132 valence electrons. The van der Waals surface area contributed by atoms with Crippen LogP contribution in [-0.2, 0) is 10.8 Å². The highest BCUT2D eigenvalue weighted by Gasteiger charge is 2.21. The lowest BCUT2D eigenvalue weighted by Crippen LogP contribution is -2.17. The van der Waals surface area contributed by atoms with E-state index in [2.05, 4.69) is 42.1 Å². The third kappa shape index (κ3) is 5.07. The van der Waals surface area contributed by atoms with Crippen molar-refractivity contribution >= 4 is 39.2 Å². The number of hydrogen-bond donors (Lipinski definition) is 1. The van der Waals surface area contributed by atoms with E-state index in [0.717, 1.165) is 35.2 Å². The summed E-state index contributed by atoms with van der Waals surface area (Å²) in [5, 5.41) is 3.10. The Labute approximate surface area is 156 Å². The maximum absolute atomic E-state index is 11.4. The summed E-state index contributed by atoms with van der Waals surface area (Å²) in [4.78, 5) is 5.95. The van der Waals surface area contributed by atoms with Crippen molar-refractivity contribution in [3.05, 3.63) is 40.4 Å². The van der Waals surface area contributed by atoms with E-state index >= 15 is 0 Å². The average molecular weight is 383 g/mol. The lowest BCUT2D eigenvalue weighted by Gasteiger charge is -2.19. The van der Waals surface area contributed by atoms with Gasteiger partial charge in [-0.05, 0) is 55.8 Å². The topological polar surface area (TPSA) is 42.0 Å². The molecule has 0 unspecified atom stereocenters. The number of aromatic nitrogens is 1. The number of rotatable bonds is 4. The summed E-state index contributed by atoms with van der Waals surface area (Å²) in [6.45, 7) is 8.28. The van der Waals surface area contributed by atoms with E-state index in [1.54, 1.807) is 23.3 Å². The predicted octanol–water partition coefficient (Wildman–Crippen LogP) is 5.53. The second-order valence-corrected chi connectivity index (χ2v) is 9.00. The van der Waals surface area contributed by atoms with Crippen LogP contribution in [0.1, 0.15) is 49.4 Å². The normalized spacial score (nSPS) is 20.2. The molecule has 3 nitrogen and oxygen atoms in total. The van der Waals surface area contributed by atoms with E-state index in [1.807, 2.05) is 13.8 Å². The highest BCUT2D eigenvalue weighted by molar-refractivity contribution is 8.00. The molecule has 0 spiro atoms. The standard InChI is InChI=1S/C16H20N2OS3.C2H6/c1-11-4-3-5-15(12(11)2)21-18-16-17-14(10-20-16)13-6-8-22(19)9-7-13;1-2/h3-5,10,13H,6-9H2,1-2H3,(H,17,18);1-2H3. The van der Waals surface area contributed by atoms with Gasteiger partial charge in [0, 0.05) is 38.5 Å². The molecule has 2 heterocycles. The van der Waals surface area contributed by atoms with Gasteiger partial charge in [-0.1, -0.05) is 26.0 Å². The van der Waals surface area contributed by atoms with Crippen LogP contribution >= 0.6 is 23.3 Å². The zero-order chi connectivity index (χ0) is 17.5. The third-order valence-corrected chi connectivity index (χ3v) is 7.38. The van der Waals surface area contributed by atoms with Gasteiger partial charge in [0.15, 0.2) is 5.13 Å². The summed E-state index contributed by atoms with van der Waals surface area (Å²) >= 11 is 3.28. The zero-order valence-electron chi connectivity index (χ0n) is 14.8.